The summed E-state index contributed by atoms with van der Waals surface area (Å²) in [6, 6.07) is 12.9. The Hall–Kier alpha value is -3.54. The van der Waals surface area contributed by atoms with Crippen LogP contribution in [0.25, 0.3) is 10.9 Å². The van der Waals surface area contributed by atoms with E-state index in [0.717, 1.165) is 10.3 Å². The maximum absolute atomic E-state index is 13.2. The summed E-state index contributed by atoms with van der Waals surface area (Å²) in [5, 5.41) is 0.801. The van der Waals surface area contributed by atoms with Crippen LogP contribution in [0.5, 0.6) is 0 Å². The van der Waals surface area contributed by atoms with Crippen LogP contribution < -0.4 is 0 Å². The summed E-state index contributed by atoms with van der Waals surface area (Å²) >= 11 is 0. The molecule has 1 unspecified atom stereocenters. The van der Waals surface area contributed by atoms with E-state index >= 15 is 0 Å². The number of aromatic nitrogens is 1. The zero-order chi connectivity index (χ0) is 18.9. The van der Waals surface area contributed by atoms with Gasteiger partial charge in [-0.25, -0.2) is 0 Å². The molecule has 0 spiro atoms. The van der Waals surface area contributed by atoms with Gasteiger partial charge in [0.25, 0.3) is 11.8 Å². The Labute approximate surface area is 154 Å². The lowest BCUT2D eigenvalue weighted by molar-refractivity contribution is 0.0549. The van der Waals surface area contributed by atoms with E-state index in [1.165, 1.54) is 11.5 Å². The number of nitrogens with zero attached hydrogens (tertiary/aromatic N) is 2. The van der Waals surface area contributed by atoms with Crippen LogP contribution in [0.1, 0.15) is 48.5 Å². The number of imide groups is 1. The van der Waals surface area contributed by atoms with Crippen molar-refractivity contribution in [2.24, 2.45) is 0 Å². The first-order chi connectivity index (χ1) is 13.0. The molecular weight excluding hydrogens is 344 g/mol. The SMILES string of the molecule is CC(=O)n1c2c(c3ccccc31)CC(N1C(=O)c3ccccc3C1=O)C2=O. The van der Waals surface area contributed by atoms with Crippen LogP contribution in [0.2, 0.25) is 0 Å². The van der Waals surface area contributed by atoms with E-state index in [9.17, 15) is 19.2 Å². The number of benzene rings is 2. The molecule has 0 fully saturated rings. The fraction of sp³-hybridized carbons (Fsp3) is 0.143. The minimum Gasteiger partial charge on any atom is -0.290 e. The van der Waals surface area contributed by atoms with Crippen LogP contribution in [0.3, 0.4) is 0 Å². The molecule has 132 valence electrons. The molecule has 5 rings (SSSR count). The van der Waals surface area contributed by atoms with Gasteiger partial charge in [-0.1, -0.05) is 30.3 Å². The lowest BCUT2D eigenvalue weighted by Crippen LogP contribution is -2.44. The van der Waals surface area contributed by atoms with Gasteiger partial charge < -0.3 is 0 Å². The van der Waals surface area contributed by atoms with Crippen molar-refractivity contribution in [3.63, 3.8) is 0 Å². The second-order valence-electron chi connectivity index (χ2n) is 6.81. The molecule has 6 heteroatoms. The minimum absolute atomic E-state index is 0.223. The first-order valence-corrected chi connectivity index (χ1v) is 8.65. The summed E-state index contributed by atoms with van der Waals surface area (Å²) in [5.41, 5.74) is 2.29. The number of hydrogen-bond acceptors (Lipinski definition) is 4. The largest absolute Gasteiger partial charge is 0.290 e. The van der Waals surface area contributed by atoms with Crippen LogP contribution in [-0.2, 0) is 6.42 Å². The molecule has 1 aliphatic carbocycles. The maximum atomic E-state index is 13.2. The Kier molecular flexibility index (Phi) is 3.04. The zero-order valence-corrected chi connectivity index (χ0v) is 14.4. The Bertz CT molecular complexity index is 1170. The second kappa shape index (κ2) is 5.23. The van der Waals surface area contributed by atoms with Crippen molar-refractivity contribution in [3.8, 4) is 0 Å². The highest BCUT2D eigenvalue weighted by Gasteiger charge is 2.48. The maximum Gasteiger partial charge on any atom is 0.262 e. The number of fused-ring (bicyclic) bond motifs is 4. The monoisotopic (exact) mass is 358 g/mol. The predicted molar refractivity (Wildman–Crippen MR) is 97.0 cm³/mol. The molecule has 2 aromatic carbocycles. The lowest BCUT2D eigenvalue weighted by Gasteiger charge is -2.21. The van der Waals surface area contributed by atoms with E-state index in [2.05, 4.69) is 0 Å². The molecule has 0 saturated heterocycles. The third-order valence-electron chi connectivity index (χ3n) is 5.37. The minimum atomic E-state index is -0.919. The van der Waals surface area contributed by atoms with E-state index in [1.807, 2.05) is 18.2 Å². The van der Waals surface area contributed by atoms with Gasteiger partial charge in [0.1, 0.15) is 6.04 Å². The summed E-state index contributed by atoms with van der Waals surface area (Å²) in [7, 11) is 0. The van der Waals surface area contributed by atoms with Crippen molar-refractivity contribution in [2.45, 2.75) is 19.4 Å². The van der Waals surface area contributed by atoms with Gasteiger partial charge >= 0.3 is 0 Å². The van der Waals surface area contributed by atoms with E-state index in [4.69, 9.17) is 0 Å². The highest BCUT2D eigenvalue weighted by atomic mass is 16.2. The van der Waals surface area contributed by atoms with E-state index in [-0.39, 0.29) is 23.8 Å². The first kappa shape index (κ1) is 15.7. The fourth-order valence-corrected chi connectivity index (χ4v) is 4.24. The van der Waals surface area contributed by atoms with Crippen LogP contribution in [0.4, 0.5) is 0 Å². The van der Waals surface area contributed by atoms with Crippen LogP contribution in [0, 0.1) is 0 Å². The molecule has 3 aromatic rings. The highest BCUT2D eigenvalue weighted by molar-refractivity contribution is 6.25. The topological polar surface area (TPSA) is 76.5 Å². The summed E-state index contributed by atoms with van der Waals surface area (Å²) in [5.74, 6) is -1.56. The molecule has 2 aliphatic rings. The number of ketones is 1. The van der Waals surface area contributed by atoms with Gasteiger partial charge in [-0.3, -0.25) is 28.6 Å². The number of para-hydroxylation sites is 1. The first-order valence-electron chi connectivity index (χ1n) is 8.65. The van der Waals surface area contributed by atoms with Gasteiger partial charge in [0, 0.05) is 18.7 Å². The van der Waals surface area contributed by atoms with Gasteiger partial charge in [0.15, 0.2) is 0 Å². The second-order valence-corrected chi connectivity index (χ2v) is 6.81. The number of carbonyl (C=O) groups excluding carboxylic acids is 4. The third kappa shape index (κ3) is 1.89. The normalized spacial score (nSPS) is 18.3. The molecule has 1 atom stereocenters. The molecule has 2 amide bonds. The lowest BCUT2D eigenvalue weighted by atomic mass is 10.1. The van der Waals surface area contributed by atoms with Crippen molar-refractivity contribution >= 4 is 34.4 Å². The number of hydrogen-bond donors (Lipinski definition) is 0. The molecule has 0 N–H and O–H groups in total. The van der Waals surface area contributed by atoms with Crippen LogP contribution in [0.15, 0.2) is 48.5 Å². The Morgan fingerprint density at radius 1 is 0.926 bits per heavy atom. The number of Topliss-reactive ketones (excluding diaryl/α,β-unsaturated/α-hetero) is 1. The van der Waals surface area contributed by atoms with Crippen molar-refractivity contribution in [1.82, 2.24) is 9.47 Å². The molecule has 0 bridgehead atoms. The van der Waals surface area contributed by atoms with Crippen molar-refractivity contribution in [2.75, 3.05) is 0 Å². The highest BCUT2D eigenvalue weighted by Crippen LogP contribution is 2.37. The molecule has 0 radical (unpaired) electrons. The fourth-order valence-electron chi connectivity index (χ4n) is 4.24. The Morgan fingerprint density at radius 2 is 1.52 bits per heavy atom. The third-order valence-corrected chi connectivity index (χ3v) is 5.37. The van der Waals surface area contributed by atoms with E-state index < -0.39 is 17.9 Å². The smallest absolute Gasteiger partial charge is 0.262 e. The summed E-state index contributed by atoms with van der Waals surface area (Å²) in [6.07, 6.45) is 0.223. The van der Waals surface area contributed by atoms with E-state index in [0.29, 0.717) is 22.2 Å². The molecular formula is C21H14N2O4. The molecule has 0 saturated carbocycles. The zero-order valence-electron chi connectivity index (χ0n) is 14.4. The quantitative estimate of drug-likeness (QED) is 0.627. The van der Waals surface area contributed by atoms with Gasteiger partial charge in [-0.15, -0.1) is 0 Å². The summed E-state index contributed by atoms with van der Waals surface area (Å²) < 4.78 is 1.39. The molecule has 27 heavy (non-hydrogen) atoms. The number of amides is 2. The number of rotatable bonds is 1. The summed E-state index contributed by atoms with van der Waals surface area (Å²) in [6.45, 7) is 1.40. The van der Waals surface area contributed by atoms with Gasteiger partial charge in [0.05, 0.1) is 22.3 Å². The van der Waals surface area contributed by atoms with Crippen molar-refractivity contribution in [1.29, 1.82) is 0 Å². The Balaban J connectivity index is 1.65. The predicted octanol–water partition coefficient (Wildman–Crippen LogP) is 2.71. The van der Waals surface area contributed by atoms with Gasteiger partial charge in [-0.2, -0.15) is 0 Å². The molecule has 1 aliphatic heterocycles. The van der Waals surface area contributed by atoms with Crippen molar-refractivity contribution < 1.29 is 19.2 Å². The summed E-state index contributed by atoms with van der Waals surface area (Å²) in [4.78, 5) is 52.0. The van der Waals surface area contributed by atoms with Crippen LogP contribution >= 0.6 is 0 Å². The molecule has 1 aromatic heterocycles. The standard InChI is InChI=1S/C21H14N2O4/c1-11(24)22-16-9-5-4-6-12(16)15-10-17(19(25)18(15)22)23-20(26)13-7-2-3-8-14(13)21(23)27/h2-9,17H,10H2,1H3. The molecule has 6 nitrogen and oxygen atoms in total. The molecule has 2 heterocycles. The Morgan fingerprint density at radius 3 is 2.15 bits per heavy atom. The van der Waals surface area contributed by atoms with Crippen molar-refractivity contribution in [3.05, 3.63) is 70.9 Å². The average Bonchev–Trinajstić information content (AvgIpc) is 3.25. The van der Waals surface area contributed by atoms with Crippen LogP contribution in [-0.4, -0.2) is 39.0 Å². The number of carbonyl (C=O) groups is 4. The van der Waals surface area contributed by atoms with Gasteiger partial charge in [0.2, 0.25) is 11.7 Å². The average molecular weight is 358 g/mol. The van der Waals surface area contributed by atoms with Gasteiger partial charge in [-0.05, 0) is 23.8 Å². The van der Waals surface area contributed by atoms with E-state index in [1.54, 1.807) is 30.3 Å².